The van der Waals surface area contributed by atoms with Crippen molar-refractivity contribution in [3.05, 3.63) is 52.6 Å². The summed E-state index contributed by atoms with van der Waals surface area (Å²) >= 11 is 0. The third-order valence-corrected chi connectivity index (χ3v) is 5.62. The van der Waals surface area contributed by atoms with Crippen LogP contribution in [0, 0.1) is 5.82 Å². The Kier molecular flexibility index (Phi) is 4.89. The number of rotatable bonds is 3. The molecule has 0 spiro atoms. The van der Waals surface area contributed by atoms with Gasteiger partial charge in [0.15, 0.2) is 5.69 Å². The average molecular weight is 395 g/mol. The predicted molar refractivity (Wildman–Crippen MR) is 94.0 cm³/mol. The van der Waals surface area contributed by atoms with E-state index in [1.165, 1.54) is 16.8 Å². The molecule has 1 aromatic heterocycles. The van der Waals surface area contributed by atoms with Gasteiger partial charge in [0.2, 0.25) is 5.91 Å². The van der Waals surface area contributed by atoms with E-state index in [0.29, 0.717) is 43.5 Å². The van der Waals surface area contributed by atoms with Crippen molar-refractivity contribution in [2.24, 2.45) is 0 Å². The number of hydrogen-bond acceptors (Lipinski definition) is 2. The van der Waals surface area contributed by atoms with E-state index < -0.39 is 11.9 Å². The molecule has 150 valence electrons. The number of amides is 1. The monoisotopic (exact) mass is 395 g/mol. The fourth-order valence-corrected chi connectivity index (χ4v) is 4.37. The van der Waals surface area contributed by atoms with Crippen LogP contribution in [0.5, 0.6) is 0 Å². The fraction of sp³-hybridized carbons (Fsp3) is 0.500. The summed E-state index contributed by atoms with van der Waals surface area (Å²) in [4.78, 5) is 14.6. The molecule has 1 aliphatic carbocycles. The zero-order valence-electron chi connectivity index (χ0n) is 15.3. The van der Waals surface area contributed by atoms with Crippen molar-refractivity contribution in [3.8, 4) is 0 Å². The van der Waals surface area contributed by atoms with Crippen LogP contribution in [0.1, 0.15) is 54.2 Å². The first-order chi connectivity index (χ1) is 13.3. The molecule has 1 amide bonds. The molecule has 0 bridgehead atoms. The lowest BCUT2D eigenvalue weighted by atomic mass is 9.95. The first-order valence-corrected chi connectivity index (χ1v) is 9.55. The molecule has 1 fully saturated rings. The van der Waals surface area contributed by atoms with Crippen molar-refractivity contribution < 1.29 is 22.4 Å². The lowest BCUT2D eigenvalue weighted by Gasteiger charge is -2.25. The van der Waals surface area contributed by atoms with Crippen LogP contribution in [0.15, 0.2) is 24.3 Å². The minimum Gasteiger partial charge on any atom is -0.334 e. The second-order valence-electron chi connectivity index (χ2n) is 7.44. The molecule has 1 atom stereocenters. The topological polar surface area (TPSA) is 38.1 Å². The van der Waals surface area contributed by atoms with Gasteiger partial charge in [0, 0.05) is 17.8 Å². The number of carbonyl (C=O) groups excluding carboxylic acids is 1. The molecule has 0 unspecified atom stereocenters. The van der Waals surface area contributed by atoms with Gasteiger partial charge in [-0.3, -0.25) is 9.48 Å². The first kappa shape index (κ1) is 19.0. The number of nitrogens with zero attached hydrogens (tertiary/aromatic N) is 3. The van der Waals surface area contributed by atoms with Gasteiger partial charge in [0.25, 0.3) is 0 Å². The van der Waals surface area contributed by atoms with Gasteiger partial charge in [-0.15, -0.1) is 0 Å². The Morgan fingerprint density at radius 3 is 2.71 bits per heavy atom. The zero-order valence-corrected chi connectivity index (χ0v) is 15.3. The fourth-order valence-electron chi connectivity index (χ4n) is 4.37. The van der Waals surface area contributed by atoms with Crippen LogP contribution in [0.3, 0.4) is 0 Å². The standard InChI is InChI=1S/C20H21F4N3O/c21-14-6-3-5-13(11-14)16-9-4-10-26(16)18(28)12-27-17-8-2-1-7-15(17)19(25-27)20(22,23)24/h3,5-6,11,16H,1-2,4,7-10,12H2/t16-/m1/s1. The lowest BCUT2D eigenvalue weighted by molar-refractivity contribution is -0.142. The maximum atomic E-state index is 13.6. The third kappa shape index (κ3) is 3.52. The highest BCUT2D eigenvalue weighted by atomic mass is 19.4. The van der Waals surface area contributed by atoms with Gasteiger partial charge in [-0.1, -0.05) is 12.1 Å². The minimum absolute atomic E-state index is 0.218. The quantitative estimate of drug-likeness (QED) is 0.728. The van der Waals surface area contributed by atoms with Crippen LogP contribution in [0.4, 0.5) is 17.6 Å². The normalized spacial score (nSPS) is 19.7. The van der Waals surface area contributed by atoms with Crippen LogP contribution in [-0.2, 0) is 30.4 Å². The maximum Gasteiger partial charge on any atom is 0.435 e. The van der Waals surface area contributed by atoms with E-state index in [2.05, 4.69) is 5.10 Å². The predicted octanol–water partition coefficient (Wildman–Crippen LogP) is 4.28. The number of aromatic nitrogens is 2. The van der Waals surface area contributed by atoms with E-state index in [0.717, 1.165) is 12.8 Å². The molecule has 4 nitrogen and oxygen atoms in total. The number of hydrogen-bond donors (Lipinski definition) is 0. The highest BCUT2D eigenvalue weighted by Gasteiger charge is 2.40. The number of likely N-dealkylation sites (tertiary alicyclic amines) is 1. The Bertz CT molecular complexity index is 890. The van der Waals surface area contributed by atoms with Crippen LogP contribution in [0.25, 0.3) is 0 Å². The molecule has 1 saturated heterocycles. The molecule has 28 heavy (non-hydrogen) atoms. The van der Waals surface area contributed by atoms with Gasteiger partial charge in [-0.2, -0.15) is 18.3 Å². The summed E-state index contributed by atoms with van der Waals surface area (Å²) < 4.78 is 54.8. The molecule has 1 aliphatic heterocycles. The number of halogens is 4. The van der Waals surface area contributed by atoms with E-state index >= 15 is 0 Å². The van der Waals surface area contributed by atoms with Gasteiger partial charge < -0.3 is 4.90 Å². The van der Waals surface area contributed by atoms with Crippen molar-refractivity contribution in [3.63, 3.8) is 0 Å². The van der Waals surface area contributed by atoms with E-state index in [9.17, 15) is 22.4 Å². The number of alkyl halides is 3. The van der Waals surface area contributed by atoms with Crippen LogP contribution >= 0.6 is 0 Å². The molecule has 0 N–H and O–H groups in total. The summed E-state index contributed by atoms with van der Waals surface area (Å²) in [5, 5.41) is 3.77. The summed E-state index contributed by atoms with van der Waals surface area (Å²) in [5.41, 5.74) is 0.602. The van der Waals surface area contributed by atoms with Crippen molar-refractivity contribution in [2.75, 3.05) is 6.54 Å². The zero-order chi connectivity index (χ0) is 19.9. The molecular formula is C20H21F4N3O. The molecule has 8 heteroatoms. The molecule has 4 rings (SSSR count). The van der Waals surface area contributed by atoms with Crippen molar-refractivity contribution in [2.45, 2.75) is 57.3 Å². The van der Waals surface area contributed by atoms with E-state index in [4.69, 9.17) is 0 Å². The van der Waals surface area contributed by atoms with Crippen LogP contribution in [0.2, 0.25) is 0 Å². The average Bonchev–Trinajstić information content (AvgIpc) is 3.27. The highest BCUT2D eigenvalue weighted by Crippen LogP contribution is 2.36. The second-order valence-corrected chi connectivity index (χ2v) is 7.44. The van der Waals surface area contributed by atoms with Gasteiger partial charge in [-0.25, -0.2) is 4.39 Å². The maximum absolute atomic E-state index is 13.6. The summed E-state index contributed by atoms with van der Waals surface area (Å²) in [6.07, 6.45) is -0.706. The Morgan fingerprint density at radius 1 is 1.18 bits per heavy atom. The summed E-state index contributed by atoms with van der Waals surface area (Å²) in [7, 11) is 0. The Balaban J connectivity index is 1.59. The molecular weight excluding hydrogens is 374 g/mol. The largest absolute Gasteiger partial charge is 0.435 e. The Morgan fingerprint density at radius 2 is 1.96 bits per heavy atom. The molecule has 1 aromatic carbocycles. The van der Waals surface area contributed by atoms with Crippen LogP contribution in [-0.4, -0.2) is 27.1 Å². The number of carbonyl (C=O) groups is 1. The summed E-state index contributed by atoms with van der Waals surface area (Å²) in [6, 6.07) is 5.88. The minimum atomic E-state index is -4.52. The lowest BCUT2D eigenvalue weighted by Crippen LogP contribution is -2.34. The third-order valence-electron chi connectivity index (χ3n) is 5.62. The molecule has 2 aliphatic rings. The van der Waals surface area contributed by atoms with Gasteiger partial charge in [0.05, 0.1) is 6.04 Å². The van der Waals surface area contributed by atoms with Gasteiger partial charge in [-0.05, 0) is 56.2 Å². The molecule has 2 heterocycles. The smallest absolute Gasteiger partial charge is 0.334 e. The van der Waals surface area contributed by atoms with Gasteiger partial charge in [0.1, 0.15) is 12.4 Å². The van der Waals surface area contributed by atoms with Crippen molar-refractivity contribution in [1.82, 2.24) is 14.7 Å². The van der Waals surface area contributed by atoms with Crippen molar-refractivity contribution >= 4 is 5.91 Å². The molecule has 2 aromatic rings. The van der Waals surface area contributed by atoms with E-state index in [-0.39, 0.29) is 29.9 Å². The second kappa shape index (κ2) is 7.22. The van der Waals surface area contributed by atoms with Gasteiger partial charge >= 0.3 is 6.18 Å². The first-order valence-electron chi connectivity index (χ1n) is 9.55. The van der Waals surface area contributed by atoms with E-state index in [1.807, 2.05) is 0 Å². The number of benzene rings is 1. The van der Waals surface area contributed by atoms with E-state index in [1.54, 1.807) is 17.0 Å². The SMILES string of the molecule is O=C(Cn1nc(C(F)(F)F)c2c1CCCC2)N1CCC[C@@H]1c1cccc(F)c1. The Labute approximate surface area is 160 Å². The summed E-state index contributed by atoms with van der Waals surface area (Å²) in [5.74, 6) is -0.649. The number of fused-ring (bicyclic) bond motifs is 1. The van der Waals surface area contributed by atoms with Crippen LogP contribution < -0.4 is 0 Å². The molecule has 0 saturated carbocycles. The summed E-state index contributed by atoms with van der Waals surface area (Å²) in [6.45, 7) is 0.291. The Hall–Kier alpha value is -2.38. The molecule has 0 radical (unpaired) electrons. The van der Waals surface area contributed by atoms with Crippen molar-refractivity contribution in [1.29, 1.82) is 0 Å². The highest BCUT2D eigenvalue weighted by molar-refractivity contribution is 5.77.